The second-order valence-corrected chi connectivity index (χ2v) is 12.1. The lowest BCUT2D eigenvalue weighted by Gasteiger charge is -2.36. The van der Waals surface area contributed by atoms with Crippen molar-refractivity contribution in [2.24, 2.45) is 0 Å². The van der Waals surface area contributed by atoms with Gasteiger partial charge in [-0.05, 0) is 78.6 Å². The van der Waals surface area contributed by atoms with E-state index in [1.54, 1.807) is 24.5 Å². The van der Waals surface area contributed by atoms with Gasteiger partial charge in [-0.3, -0.25) is 9.78 Å². The maximum Gasteiger partial charge on any atom is 0.271 e. The molecule has 1 atom stereocenters. The maximum absolute atomic E-state index is 13.8. The van der Waals surface area contributed by atoms with Crippen LogP contribution in [-0.4, -0.2) is 30.0 Å². The molecule has 2 N–H and O–H groups in total. The molecule has 4 aromatic rings. The summed E-state index contributed by atoms with van der Waals surface area (Å²) in [4.78, 5) is 21.5. The van der Waals surface area contributed by atoms with E-state index in [2.05, 4.69) is 23.0 Å². The molecule has 1 aliphatic heterocycles. The number of aromatic amines is 1. The number of fused-ring (bicyclic) bond motifs is 1. The lowest BCUT2D eigenvalue weighted by Crippen LogP contribution is -2.30. The van der Waals surface area contributed by atoms with Crippen molar-refractivity contribution in [1.29, 1.82) is 0 Å². The summed E-state index contributed by atoms with van der Waals surface area (Å²) in [6, 6.07) is 16.2. The number of anilines is 2. The summed E-state index contributed by atoms with van der Waals surface area (Å²) in [5.41, 5.74) is 4.88. The summed E-state index contributed by atoms with van der Waals surface area (Å²) >= 11 is 0. The summed E-state index contributed by atoms with van der Waals surface area (Å²) in [6.45, 7) is 6.74. The molecule has 0 radical (unpaired) electrons. The number of hydrogen-bond acceptors (Lipinski definition) is 6. The maximum atomic E-state index is 13.8. The predicted molar refractivity (Wildman–Crippen MR) is 154 cm³/mol. The molecule has 0 saturated carbocycles. The second-order valence-electron chi connectivity index (χ2n) is 10.2. The highest BCUT2D eigenvalue weighted by molar-refractivity contribution is 7.91. The van der Waals surface area contributed by atoms with Gasteiger partial charge in [0, 0.05) is 30.3 Å². The zero-order valence-corrected chi connectivity index (χ0v) is 23.3. The summed E-state index contributed by atoms with van der Waals surface area (Å²) in [7, 11) is -4.33. The van der Waals surface area contributed by atoms with E-state index in [1.165, 1.54) is 12.1 Å². The van der Waals surface area contributed by atoms with Crippen molar-refractivity contribution in [2.45, 2.75) is 62.2 Å². The number of para-hydroxylation sites is 1. The van der Waals surface area contributed by atoms with Crippen molar-refractivity contribution in [3.63, 3.8) is 0 Å². The topological polar surface area (TPSA) is 103 Å². The summed E-state index contributed by atoms with van der Waals surface area (Å²) in [6.07, 6.45) is 6.46. The van der Waals surface area contributed by atoms with Crippen LogP contribution in [0, 0.1) is 6.92 Å². The quantitative estimate of drug-likeness (QED) is 0.285. The number of pyridine rings is 2. The van der Waals surface area contributed by atoms with Crippen LogP contribution in [0.25, 0.3) is 11.1 Å². The highest BCUT2D eigenvalue weighted by atomic mass is 32.2. The molecule has 0 bridgehead atoms. The summed E-state index contributed by atoms with van der Waals surface area (Å²) < 4.78 is 27.7. The number of hydrogen-bond donors (Lipinski definition) is 2. The van der Waals surface area contributed by atoms with Crippen LogP contribution >= 0.6 is 0 Å². The minimum absolute atomic E-state index is 0.0568. The number of sulfone groups is 1. The summed E-state index contributed by atoms with van der Waals surface area (Å²) in [5, 5.41) is 11.6. The smallest absolute Gasteiger partial charge is 0.271 e. The minimum Gasteiger partial charge on any atom is -0.504 e. The Labute approximate surface area is 229 Å². The van der Waals surface area contributed by atoms with Crippen molar-refractivity contribution in [3.8, 4) is 16.9 Å². The number of H-pyrrole nitrogens is 1. The Bertz CT molecular complexity index is 1680. The molecule has 2 aromatic heterocycles. The van der Waals surface area contributed by atoms with Gasteiger partial charge in [0.15, 0.2) is 10.6 Å². The molecular weight excluding hydrogens is 510 g/mol. The molecule has 39 heavy (non-hydrogen) atoms. The van der Waals surface area contributed by atoms with E-state index in [-0.39, 0.29) is 4.90 Å². The Balaban J connectivity index is 1.65. The van der Waals surface area contributed by atoms with Crippen LogP contribution in [0.1, 0.15) is 55.8 Å². The monoisotopic (exact) mass is 543 g/mol. The van der Waals surface area contributed by atoms with Crippen LogP contribution in [0.5, 0.6) is 5.75 Å². The molecule has 1 aliphatic rings. The molecule has 8 heteroatoms. The standard InChI is InChI=1S/C31H33N3O4S/c1-4-5-9-26-28(34-18-16-20(2)25-8-6-7-10-27(25)34)29(35)30(31(36)33-26)39(37,38)23-13-11-22(12-14-23)24-15-17-32-19-21(24)3/h6-8,10-15,17,19-20H,4-5,9,16,18H2,1-3H3,(H2,33,35,36). The molecule has 0 saturated heterocycles. The van der Waals surface area contributed by atoms with Gasteiger partial charge in [-0.15, -0.1) is 0 Å². The van der Waals surface area contributed by atoms with Gasteiger partial charge >= 0.3 is 0 Å². The Morgan fingerprint density at radius 3 is 2.56 bits per heavy atom. The van der Waals surface area contributed by atoms with E-state index in [0.29, 0.717) is 30.3 Å². The lowest BCUT2D eigenvalue weighted by atomic mass is 9.91. The Kier molecular flexibility index (Phi) is 7.32. The third-order valence-electron chi connectivity index (χ3n) is 7.55. The first-order valence-corrected chi connectivity index (χ1v) is 14.8. The normalized spacial score (nSPS) is 15.3. The molecule has 0 spiro atoms. The van der Waals surface area contributed by atoms with Gasteiger partial charge in [-0.2, -0.15) is 0 Å². The number of nitrogens with zero attached hydrogens (tertiary/aromatic N) is 2. The van der Waals surface area contributed by atoms with Gasteiger partial charge in [-0.1, -0.05) is 50.6 Å². The Hall–Kier alpha value is -3.91. The zero-order chi connectivity index (χ0) is 27.7. The van der Waals surface area contributed by atoms with Crippen molar-refractivity contribution >= 4 is 21.2 Å². The van der Waals surface area contributed by atoms with Crippen LogP contribution in [0.2, 0.25) is 0 Å². The largest absolute Gasteiger partial charge is 0.504 e. The van der Waals surface area contributed by atoms with E-state index in [4.69, 9.17) is 0 Å². The first-order chi connectivity index (χ1) is 18.7. The number of benzene rings is 2. The molecule has 2 aromatic carbocycles. The number of aromatic nitrogens is 2. The van der Waals surface area contributed by atoms with Gasteiger partial charge < -0.3 is 15.0 Å². The van der Waals surface area contributed by atoms with E-state index in [9.17, 15) is 18.3 Å². The molecule has 0 fully saturated rings. The van der Waals surface area contributed by atoms with Crippen LogP contribution in [0.15, 0.2) is 81.6 Å². The molecule has 3 heterocycles. The van der Waals surface area contributed by atoms with Gasteiger partial charge in [0.25, 0.3) is 5.56 Å². The first kappa shape index (κ1) is 26.7. The van der Waals surface area contributed by atoms with E-state index < -0.39 is 26.0 Å². The average Bonchev–Trinajstić information content (AvgIpc) is 2.93. The number of aryl methyl sites for hydroxylation is 2. The van der Waals surface area contributed by atoms with Gasteiger partial charge in [0.1, 0.15) is 5.69 Å². The van der Waals surface area contributed by atoms with Crippen molar-refractivity contribution in [3.05, 3.63) is 94.2 Å². The first-order valence-electron chi connectivity index (χ1n) is 13.3. The molecular formula is C31H33N3O4S. The van der Waals surface area contributed by atoms with Gasteiger partial charge in [0.2, 0.25) is 9.84 Å². The van der Waals surface area contributed by atoms with Crippen molar-refractivity contribution < 1.29 is 13.5 Å². The molecule has 0 amide bonds. The summed E-state index contributed by atoms with van der Waals surface area (Å²) in [5.74, 6) is -0.171. The molecule has 7 nitrogen and oxygen atoms in total. The highest BCUT2D eigenvalue weighted by Gasteiger charge is 2.33. The predicted octanol–water partition coefficient (Wildman–Crippen LogP) is 6.27. The second kappa shape index (κ2) is 10.7. The number of aromatic hydroxyl groups is 1. The van der Waals surface area contributed by atoms with Crippen molar-refractivity contribution in [1.82, 2.24) is 9.97 Å². The fourth-order valence-electron chi connectivity index (χ4n) is 5.40. The van der Waals surface area contributed by atoms with Crippen LogP contribution in [0.4, 0.5) is 11.4 Å². The number of rotatable bonds is 7. The third kappa shape index (κ3) is 4.85. The number of nitrogens with one attached hydrogen (secondary N) is 1. The SMILES string of the molecule is CCCCc1[nH]c(=O)c(S(=O)(=O)c2ccc(-c3ccncc3C)cc2)c(O)c1N1CCC(C)c2ccccc21. The fraction of sp³-hybridized carbons (Fsp3) is 0.290. The van der Waals surface area contributed by atoms with Gasteiger partial charge in [-0.25, -0.2) is 8.42 Å². The Morgan fingerprint density at radius 1 is 1.10 bits per heavy atom. The molecule has 0 aliphatic carbocycles. The zero-order valence-electron chi connectivity index (χ0n) is 22.4. The van der Waals surface area contributed by atoms with E-state index >= 15 is 0 Å². The third-order valence-corrected chi connectivity index (χ3v) is 9.36. The van der Waals surface area contributed by atoms with Crippen LogP contribution in [0.3, 0.4) is 0 Å². The van der Waals surface area contributed by atoms with Gasteiger partial charge in [0.05, 0.1) is 4.90 Å². The van der Waals surface area contributed by atoms with E-state index in [0.717, 1.165) is 47.2 Å². The van der Waals surface area contributed by atoms with Crippen molar-refractivity contribution in [2.75, 3.05) is 11.4 Å². The molecule has 202 valence electrons. The average molecular weight is 544 g/mol. The van der Waals surface area contributed by atoms with Crippen LogP contribution in [-0.2, 0) is 16.3 Å². The molecule has 5 rings (SSSR count). The van der Waals surface area contributed by atoms with Crippen LogP contribution < -0.4 is 10.5 Å². The number of unbranched alkanes of at least 4 members (excludes halogenated alkanes) is 1. The lowest BCUT2D eigenvalue weighted by molar-refractivity contribution is 0.453. The minimum atomic E-state index is -4.33. The van der Waals surface area contributed by atoms with E-state index in [1.807, 2.05) is 43.0 Å². The fourth-order valence-corrected chi connectivity index (χ4v) is 6.77. The molecule has 1 unspecified atom stereocenters. The Morgan fingerprint density at radius 2 is 1.85 bits per heavy atom. The highest BCUT2D eigenvalue weighted by Crippen LogP contribution is 2.45.